The minimum absolute atomic E-state index is 0.675. The molecule has 0 spiro atoms. The highest BCUT2D eigenvalue weighted by Crippen LogP contribution is 2.25. The molecule has 1 aliphatic heterocycles. The lowest BCUT2D eigenvalue weighted by Crippen LogP contribution is -2.46. The third-order valence-electron chi connectivity index (χ3n) is 1.25. The first-order valence-electron chi connectivity index (χ1n) is 3.62. The smallest absolute Gasteiger partial charge is 0.314 e. The maximum absolute atomic E-state index is 8.88. The number of piperazine rings is 1. The number of hydrogen-bond acceptors (Lipinski definition) is 3. The average molecular weight is 198 g/mol. The van der Waals surface area contributed by atoms with E-state index >= 15 is 0 Å². The maximum Gasteiger partial charge on any atom is 0.466 e. The van der Waals surface area contributed by atoms with E-state index in [-0.39, 0.29) is 0 Å². The number of rotatable bonds is 0. The van der Waals surface area contributed by atoms with Crippen LogP contribution in [-0.2, 0) is 4.57 Å². The molecular formula is C5H15N2O4P. The fraction of sp³-hybridized carbons (Fsp3) is 1.00. The van der Waals surface area contributed by atoms with Gasteiger partial charge < -0.3 is 25.3 Å². The summed E-state index contributed by atoms with van der Waals surface area (Å²) in [5.74, 6) is 0. The van der Waals surface area contributed by atoms with Gasteiger partial charge in [-0.05, 0) is 6.92 Å². The van der Waals surface area contributed by atoms with Crippen molar-refractivity contribution in [1.82, 2.24) is 10.6 Å². The highest BCUT2D eigenvalue weighted by atomic mass is 31.2. The molecule has 6 nitrogen and oxygen atoms in total. The molecule has 12 heavy (non-hydrogen) atoms. The van der Waals surface area contributed by atoms with Gasteiger partial charge in [-0.1, -0.05) is 0 Å². The molecule has 5 N–H and O–H groups in total. The Morgan fingerprint density at radius 2 is 1.83 bits per heavy atom. The lowest BCUT2D eigenvalue weighted by atomic mass is 10.3. The van der Waals surface area contributed by atoms with Crippen LogP contribution in [0.25, 0.3) is 0 Å². The van der Waals surface area contributed by atoms with Crippen LogP contribution in [-0.4, -0.2) is 40.4 Å². The Morgan fingerprint density at radius 1 is 1.33 bits per heavy atom. The highest BCUT2D eigenvalue weighted by molar-refractivity contribution is 7.45. The van der Waals surface area contributed by atoms with Crippen LogP contribution in [0.15, 0.2) is 0 Å². The van der Waals surface area contributed by atoms with Crippen molar-refractivity contribution in [3.63, 3.8) is 0 Å². The largest absolute Gasteiger partial charge is 0.466 e. The van der Waals surface area contributed by atoms with E-state index in [1.807, 2.05) is 0 Å². The Bertz CT molecular complexity index is 145. The lowest BCUT2D eigenvalue weighted by molar-refractivity contribution is 0.275. The third kappa shape index (κ3) is 12.7. The molecule has 0 aliphatic carbocycles. The van der Waals surface area contributed by atoms with Gasteiger partial charge in [0.25, 0.3) is 0 Å². The SMILES string of the molecule is CC1CNCCN1.O=P(O)(O)O. The molecule has 1 fully saturated rings. The van der Waals surface area contributed by atoms with Crippen molar-refractivity contribution in [3.8, 4) is 0 Å². The Morgan fingerprint density at radius 3 is 2.00 bits per heavy atom. The first-order valence-corrected chi connectivity index (χ1v) is 5.18. The summed E-state index contributed by atoms with van der Waals surface area (Å²) in [6.07, 6.45) is 0. The second-order valence-corrected chi connectivity index (χ2v) is 3.60. The molecule has 0 aromatic heterocycles. The van der Waals surface area contributed by atoms with Gasteiger partial charge in [-0.25, -0.2) is 4.57 Å². The van der Waals surface area contributed by atoms with Crippen molar-refractivity contribution < 1.29 is 19.2 Å². The number of hydrogen-bond donors (Lipinski definition) is 5. The van der Waals surface area contributed by atoms with Crippen molar-refractivity contribution in [1.29, 1.82) is 0 Å². The van der Waals surface area contributed by atoms with Gasteiger partial charge in [-0.3, -0.25) is 0 Å². The Labute approximate surface area is 71.2 Å². The van der Waals surface area contributed by atoms with Crippen LogP contribution < -0.4 is 10.6 Å². The first kappa shape index (κ1) is 12.0. The topological polar surface area (TPSA) is 102 Å². The third-order valence-corrected chi connectivity index (χ3v) is 1.25. The summed E-state index contributed by atoms with van der Waals surface area (Å²) in [7, 11) is -4.64. The van der Waals surface area contributed by atoms with E-state index in [0.717, 1.165) is 19.6 Å². The van der Waals surface area contributed by atoms with E-state index < -0.39 is 7.82 Å². The quantitative estimate of drug-likeness (QED) is 0.308. The Hall–Kier alpha value is 0.0300. The molecular weight excluding hydrogens is 183 g/mol. The maximum atomic E-state index is 8.88. The zero-order chi connectivity index (χ0) is 9.61. The summed E-state index contributed by atoms with van der Waals surface area (Å²) in [6, 6.07) is 0.675. The van der Waals surface area contributed by atoms with Crippen LogP contribution in [0.4, 0.5) is 0 Å². The number of nitrogens with one attached hydrogen (secondary N) is 2. The van der Waals surface area contributed by atoms with Crippen molar-refractivity contribution in [2.75, 3.05) is 19.6 Å². The number of phosphoric acid groups is 1. The second-order valence-electron chi connectivity index (χ2n) is 2.57. The van der Waals surface area contributed by atoms with Crippen molar-refractivity contribution in [2.45, 2.75) is 13.0 Å². The van der Waals surface area contributed by atoms with Crippen LogP contribution >= 0.6 is 7.82 Å². The predicted octanol–water partition coefficient (Wildman–Crippen LogP) is -1.36. The van der Waals surface area contributed by atoms with E-state index in [1.165, 1.54) is 0 Å². The van der Waals surface area contributed by atoms with E-state index in [9.17, 15) is 0 Å². The van der Waals surface area contributed by atoms with Crippen LogP contribution in [0.2, 0.25) is 0 Å². The summed E-state index contributed by atoms with van der Waals surface area (Å²) < 4.78 is 8.88. The first-order chi connectivity index (χ1) is 5.39. The molecule has 1 aliphatic rings. The fourth-order valence-electron chi connectivity index (χ4n) is 0.798. The van der Waals surface area contributed by atoms with Crippen molar-refractivity contribution >= 4 is 7.82 Å². The normalized spacial score (nSPS) is 24.2. The minimum Gasteiger partial charge on any atom is -0.314 e. The minimum atomic E-state index is -4.64. The summed E-state index contributed by atoms with van der Waals surface area (Å²) in [5, 5.41) is 6.59. The summed E-state index contributed by atoms with van der Waals surface area (Å²) >= 11 is 0. The van der Waals surface area contributed by atoms with Crippen LogP contribution in [0, 0.1) is 0 Å². The molecule has 1 unspecified atom stereocenters. The van der Waals surface area contributed by atoms with Crippen molar-refractivity contribution in [3.05, 3.63) is 0 Å². The molecule has 0 saturated carbocycles. The molecule has 7 heteroatoms. The zero-order valence-corrected chi connectivity index (χ0v) is 7.79. The van der Waals surface area contributed by atoms with Gasteiger partial charge in [0.2, 0.25) is 0 Å². The van der Waals surface area contributed by atoms with Crippen LogP contribution in [0.1, 0.15) is 6.92 Å². The standard InChI is InChI=1S/C5H12N2.H3O4P/c1-5-4-6-2-3-7-5;1-5(2,3)4/h5-7H,2-4H2,1H3;(H3,1,2,3,4). The Kier molecular flexibility index (Phi) is 5.65. The second kappa shape index (κ2) is 5.64. The summed E-state index contributed by atoms with van der Waals surface area (Å²) in [6.45, 7) is 5.57. The molecule has 1 saturated heterocycles. The molecule has 0 aromatic rings. The highest BCUT2D eigenvalue weighted by Gasteiger charge is 2.03. The average Bonchev–Trinajstić information content (AvgIpc) is 1.85. The van der Waals surface area contributed by atoms with Gasteiger partial charge in [0.05, 0.1) is 0 Å². The molecule has 1 rings (SSSR count). The van der Waals surface area contributed by atoms with Gasteiger partial charge in [0.15, 0.2) is 0 Å². The van der Waals surface area contributed by atoms with E-state index in [0.29, 0.717) is 6.04 Å². The fourth-order valence-corrected chi connectivity index (χ4v) is 0.798. The van der Waals surface area contributed by atoms with Gasteiger partial charge >= 0.3 is 7.82 Å². The van der Waals surface area contributed by atoms with E-state index in [4.69, 9.17) is 19.2 Å². The monoisotopic (exact) mass is 198 g/mol. The lowest BCUT2D eigenvalue weighted by Gasteiger charge is -2.19. The van der Waals surface area contributed by atoms with Crippen LogP contribution in [0.3, 0.4) is 0 Å². The van der Waals surface area contributed by atoms with Crippen LogP contribution in [0.5, 0.6) is 0 Å². The molecule has 0 radical (unpaired) electrons. The summed E-state index contributed by atoms with van der Waals surface area (Å²) in [5.41, 5.74) is 0. The molecule has 1 heterocycles. The van der Waals surface area contributed by atoms with Gasteiger partial charge in [-0.15, -0.1) is 0 Å². The molecule has 1 atom stereocenters. The predicted molar refractivity (Wildman–Crippen MR) is 44.6 cm³/mol. The summed E-state index contributed by atoms with van der Waals surface area (Å²) in [4.78, 5) is 21.6. The molecule has 0 amide bonds. The van der Waals surface area contributed by atoms with Gasteiger partial charge in [-0.2, -0.15) is 0 Å². The molecule has 0 aromatic carbocycles. The molecule has 74 valence electrons. The Balaban J connectivity index is 0.000000217. The van der Waals surface area contributed by atoms with Gasteiger partial charge in [0.1, 0.15) is 0 Å². The molecule has 0 bridgehead atoms. The van der Waals surface area contributed by atoms with E-state index in [1.54, 1.807) is 0 Å². The zero-order valence-electron chi connectivity index (χ0n) is 6.90. The van der Waals surface area contributed by atoms with Gasteiger partial charge in [0, 0.05) is 25.7 Å². The van der Waals surface area contributed by atoms with E-state index in [2.05, 4.69) is 17.6 Å². The van der Waals surface area contributed by atoms with Crippen molar-refractivity contribution in [2.24, 2.45) is 0 Å².